The molecule has 0 amide bonds. The topological polar surface area (TPSA) is 69.9 Å². The van der Waals surface area contributed by atoms with Crippen molar-refractivity contribution >= 4 is 16.9 Å². The van der Waals surface area contributed by atoms with Crippen molar-refractivity contribution in [1.29, 1.82) is 0 Å². The van der Waals surface area contributed by atoms with Gasteiger partial charge in [0.1, 0.15) is 12.4 Å². The molecule has 2 aromatic rings. The molecule has 29 heavy (non-hydrogen) atoms. The van der Waals surface area contributed by atoms with Crippen molar-refractivity contribution in [2.45, 2.75) is 65.5 Å². The number of thiophene rings is 1. The normalized spacial score (nSPS) is 12.7. The molecule has 0 saturated heterocycles. The second-order valence-electron chi connectivity index (χ2n) is 7.05. The minimum absolute atomic E-state index is 0.0983. The standard InChI is InChI=1S/C24H32O4S/c1-4-18(8-7-11-24(27,5-2)6-3)21-13-23(29-17-21)16-28-22-10-9-19(14-25)20(12-22)15-26/h7-13,17,25-27H,4-6,14-16H2,1-3H3. The number of ether oxygens (including phenoxy) is 1. The first kappa shape index (κ1) is 23.4. The van der Waals surface area contributed by atoms with Crippen LogP contribution in [0.3, 0.4) is 0 Å². The van der Waals surface area contributed by atoms with Crippen LogP contribution in [0.5, 0.6) is 5.75 Å². The summed E-state index contributed by atoms with van der Waals surface area (Å²) in [6.45, 7) is 6.33. The molecular weight excluding hydrogens is 384 g/mol. The largest absolute Gasteiger partial charge is 0.488 e. The van der Waals surface area contributed by atoms with Crippen molar-refractivity contribution in [1.82, 2.24) is 0 Å². The fourth-order valence-corrected chi connectivity index (χ4v) is 3.84. The minimum Gasteiger partial charge on any atom is -0.488 e. The first-order valence-corrected chi connectivity index (χ1v) is 11.0. The second-order valence-corrected chi connectivity index (χ2v) is 8.05. The molecule has 0 atom stereocenters. The summed E-state index contributed by atoms with van der Waals surface area (Å²) in [5, 5.41) is 31.2. The van der Waals surface area contributed by atoms with Gasteiger partial charge in [-0.15, -0.1) is 11.3 Å². The number of aliphatic hydroxyl groups is 3. The molecule has 0 radical (unpaired) electrons. The monoisotopic (exact) mass is 416 g/mol. The summed E-state index contributed by atoms with van der Waals surface area (Å²) < 4.78 is 5.87. The van der Waals surface area contributed by atoms with E-state index < -0.39 is 5.60 Å². The van der Waals surface area contributed by atoms with Gasteiger partial charge in [0.15, 0.2) is 0 Å². The summed E-state index contributed by atoms with van der Waals surface area (Å²) >= 11 is 1.65. The van der Waals surface area contributed by atoms with E-state index in [1.807, 2.05) is 32.1 Å². The highest BCUT2D eigenvalue weighted by Gasteiger charge is 2.16. The highest BCUT2D eigenvalue weighted by atomic mass is 32.1. The molecule has 0 bridgehead atoms. The van der Waals surface area contributed by atoms with Crippen molar-refractivity contribution in [3.8, 4) is 5.75 Å². The molecule has 0 aliphatic heterocycles. The van der Waals surface area contributed by atoms with Gasteiger partial charge >= 0.3 is 0 Å². The number of rotatable bonds is 11. The van der Waals surface area contributed by atoms with Gasteiger partial charge in [-0.3, -0.25) is 0 Å². The molecule has 1 aromatic carbocycles. The van der Waals surface area contributed by atoms with E-state index >= 15 is 0 Å². The molecule has 0 aliphatic carbocycles. The summed E-state index contributed by atoms with van der Waals surface area (Å²) in [7, 11) is 0. The molecule has 3 N–H and O–H groups in total. The Kier molecular flexibility index (Phi) is 9.11. The zero-order valence-electron chi connectivity index (χ0n) is 17.5. The van der Waals surface area contributed by atoms with Crippen molar-refractivity contribution in [3.63, 3.8) is 0 Å². The van der Waals surface area contributed by atoms with Crippen LogP contribution in [0.2, 0.25) is 0 Å². The van der Waals surface area contributed by atoms with Gasteiger partial charge in [-0.1, -0.05) is 45.1 Å². The molecule has 0 spiro atoms. The van der Waals surface area contributed by atoms with Crippen LogP contribution < -0.4 is 4.74 Å². The summed E-state index contributed by atoms with van der Waals surface area (Å²) in [4.78, 5) is 1.11. The maximum atomic E-state index is 10.4. The molecule has 158 valence electrons. The van der Waals surface area contributed by atoms with E-state index in [0.717, 1.165) is 11.3 Å². The third-order valence-electron chi connectivity index (χ3n) is 5.23. The fourth-order valence-electron chi connectivity index (χ4n) is 3.02. The van der Waals surface area contributed by atoms with Crippen LogP contribution in [0, 0.1) is 0 Å². The Morgan fingerprint density at radius 2 is 1.79 bits per heavy atom. The Morgan fingerprint density at radius 1 is 1.07 bits per heavy atom. The molecule has 1 heterocycles. The third-order valence-corrected chi connectivity index (χ3v) is 6.14. The Labute approximate surface area is 177 Å². The third kappa shape index (κ3) is 6.54. The van der Waals surface area contributed by atoms with E-state index in [2.05, 4.69) is 24.4 Å². The van der Waals surface area contributed by atoms with Crippen LogP contribution in [-0.4, -0.2) is 20.9 Å². The van der Waals surface area contributed by atoms with Crippen LogP contribution in [0.25, 0.3) is 5.57 Å². The average molecular weight is 417 g/mol. The number of hydrogen-bond donors (Lipinski definition) is 3. The summed E-state index contributed by atoms with van der Waals surface area (Å²) in [5.74, 6) is 0.675. The number of aliphatic hydroxyl groups excluding tert-OH is 2. The van der Waals surface area contributed by atoms with E-state index in [-0.39, 0.29) is 13.2 Å². The van der Waals surface area contributed by atoms with Crippen LogP contribution in [-0.2, 0) is 19.8 Å². The van der Waals surface area contributed by atoms with Gasteiger partial charge < -0.3 is 20.1 Å². The average Bonchev–Trinajstić information content (AvgIpc) is 3.23. The molecule has 0 aliphatic rings. The summed E-state index contributed by atoms with van der Waals surface area (Å²) in [6.07, 6.45) is 8.22. The molecule has 0 fully saturated rings. The number of allylic oxidation sites excluding steroid dienone is 3. The van der Waals surface area contributed by atoms with Crippen LogP contribution >= 0.6 is 11.3 Å². The van der Waals surface area contributed by atoms with Crippen molar-refractivity contribution in [3.05, 3.63) is 69.4 Å². The lowest BCUT2D eigenvalue weighted by atomic mass is 9.96. The molecular formula is C24H32O4S. The van der Waals surface area contributed by atoms with Crippen molar-refractivity contribution in [2.75, 3.05) is 0 Å². The van der Waals surface area contributed by atoms with Gasteiger partial charge in [0.2, 0.25) is 0 Å². The predicted molar refractivity (Wildman–Crippen MR) is 120 cm³/mol. The first-order chi connectivity index (χ1) is 14.0. The quantitative estimate of drug-likeness (QED) is 0.440. The Balaban J connectivity index is 2.05. The van der Waals surface area contributed by atoms with E-state index in [9.17, 15) is 15.3 Å². The Hall–Kier alpha value is -1.92. The maximum absolute atomic E-state index is 10.4. The van der Waals surface area contributed by atoms with Crippen molar-refractivity contribution in [2.24, 2.45) is 0 Å². The highest BCUT2D eigenvalue weighted by molar-refractivity contribution is 7.10. The minimum atomic E-state index is -0.734. The van der Waals surface area contributed by atoms with Crippen LogP contribution in [0.1, 0.15) is 61.6 Å². The van der Waals surface area contributed by atoms with Gasteiger partial charge in [-0.05, 0) is 65.1 Å². The maximum Gasteiger partial charge on any atom is 0.122 e. The van der Waals surface area contributed by atoms with Crippen LogP contribution in [0.4, 0.5) is 0 Å². The molecule has 5 heteroatoms. The smallest absolute Gasteiger partial charge is 0.122 e. The summed E-state index contributed by atoms with van der Waals surface area (Å²) in [6, 6.07) is 7.49. The van der Waals surface area contributed by atoms with Crippen molar-refractivity contribution < 1.29 is 20.1 Å². The van der Waals surface area contributed by atoms with E-state index in [0.29, 0.717) is 36.3 Å². The van der Waals surface area contributed by atoms with E-state index in [1.54, 1.807) is 23.5 Å². The molecule has 1 aromatic heterocycles. The SMILES string of the molecule is CCC(=CC=CC(O)(CC)CC)c1csc(COc2ccc(CO)c(CO)c2)c1. The zero-order chi connectivity index (χ0) is 21.3. The van der Waals surface area contributed by atoms with E-state index in [4.69, 9.17) is 4.74 Å². The molecule has 0 saturated carbocycles. The van der Waals surface area contributed by atoms with Gasteiger partial charge in [-0.25, -0.2) is 0 Å². The first-order valence-electron chi connectivity index (χ1n) is 10.1. The van der Waals surface area contributed by atoms with Gasteiger partial charge in [0.25, 0.3) is 0 Å². The molecule has 0 unspecified atom stereocenters. The molecule has 4 nitrogen and oxygen atoms in total. The number of hydrogen-bond acceptors (Lipinski definition) is 5. The zero-order valence-corrected chi connectivity index (χ0v) is 18.3. The second kappa shape index (κ2) is 11.3. The highest BCUT2D eigenvalue weighted by Crippen LogP contribution is 2.27. The number of benzene rings is 1. The Morgan fingerprint density at radius 3 is 2.41 bits per heavy atom. The lowest BCUT2D eigenvalue weighted by Gasteiger charge is -2.19. The van der Waals surface area contributed by atoms with Gasteiger partial charge in [0, 0.05) is 4.88 Å². The predicted octanol–water partition coefficient (Wildman–Crippen LogP) is 5.21. The Bertz CT molecular complexity index is 831. The lowest BCUT2D eigenvalue weighted by Crippen LogP contribution is -2.22. The summed E-state index contributed by atoms with van der Waals surface area (Å²) in [5.41, 5.74) is 3.04. The molecule has 2 rings (SSSR count). The fraction of sp³-hybridized carbons (Fsp3) is 0.417. The van der Waals surface area contributed by atoms with Gasteiger partial charge in [0.05, 0.1) is 18.8 Å². The van der Waals surface area contributed by atoms with Gasteiger partial charge in [-0.2, -0.15) is 0 Å². The van der Waals surface area contributed by atoms with Crippen LogP contribution in [0.15, 0.2) is 47.9 Å². The van der Waals surface area contributed by atoms with E-state index in [1.165, 1.54) is 11.1 Å². The lowest BCUT2D eigenvalue weighted by molar-refractivity contribution is 0.0828.